The van der Waals surface area contributed by atoms with Gasteiger partial charge in [-0.2, -0.15) is 26.3 Å². The molecule has 0 unspecified atom stereocenters. The quantitative estimate of drug-likeness (QED) is 0.248. The Kier molecular flexibility index (Phi) is 8.84. The monoisotopic (exact) mass is 464 g/mol. The van der Waals surface area contributed by atoms with Crippen molar-refractivity contribution in [2.75, 3.05) is 13.2 Å². The van der Waals surface area contributed by atoms with Gasteiger partial charge in [-0.25, -0.2) is 9.59 Å². The maximum atomic E-state index is 12.5. The van der Waals surface area contributed by atoms with Crippen LogP contribution in [0.1, 0.15) is 40.5 Å². The molecule has 0 heterocycles. The predicted molar refractivity (Wildman–Crippen MR) is 100 cm³/mol. The fourth-order valence-electron chi connectivity index (χ4n) is 4.58. The largest absolute Gasteiger partial charge is 0.490 e. The molecule has 2 atom stereocenters. The Morgan fingerprint density at radius 3 is 1.60 bits per heavy atom. The van der Waals surface area contributed by atoms with E-state index in [0.717, 1.165) is 24.2 Å². The van der Waals surface area contributed by atoms with Crippen LogP contribution in [0.15, 0.2) is 0 Å². The smallest absolute Gasteiger partial charge is 0.458 e. The molecule has 176 valence electrons. The fraction of sp³-hybridized carbons (Fsp3) is 0.895. The highest BCUT2D eigenvalue weighted by atomic mass is 28.3. The Balaban J connectivity index is 3.03. The van der Waals surface area contributed by atoms with Crippen LogP contribution in [0.5, 0.6) is 0 Å². The van der Waals surface area contributed by atoms with Crippen molar-refractivity contribution in [3.8, 4) is 0 Å². The van der Waals surface area contributed by atoms with Crippen LogP contribution in [0.4, 0.5) is 26.3 Å². The van der Waals surface area contributed by atoms with E-state index in [1.54, 1.807) is 0 Å². The van der Waals surface area contributed by atoms with Gasteiger partial charge in [0.05, 0.1) is 8.07 Å². The third-order valence-electron chi connectivity index (χ3n) is 6.68. The van der Waals surface area contributed by atoms with E-state index in [0.29, 0.717) is 0 Å². The van der Waals surface area contributed by atoms with Crippen molar-refractivity contribution >= 4 is 20.0 Å². The molecule has 1 rings (SSSR count). The molecule has 1 saturated carbocycles. The molecule has 0 aromatic carbocycles. The molecule has 30 heavy (non-hydrogen) atoms. The van der Waals surface area contributed by atoms with E-state index < -0.39 is 51.0 Å². The van der Waals surface area contributed by atoms with Crippen LogP contribution in [0.25, 0.3) is 0 Å². The van der Waals surface area contributed by atoms with Crippen LogP contribution in [0, 0.1) is 17.3 Å². The number of esters is 2. The van der Waals surface area contributed by atoms with E-state index in [9.17, 15) is 35.9 Å². The van der Waals surface area contributed by atoms with Gasteiger partial charge in [0.1, 0.15) is 13.2 Å². The maximum absolute atomic E-state index is 12.5. The van der Waals surface area contributed by atoms with Gasteiger partial charge in [-0.3, -0.25) is 0 Å². The van der Waals surface area contributed by atoms with Crippen molar-refractivity contribution in [2.24, 2.45) is 17.3 Å². The Bertz CT molecular complexity index is 563. The lowest BCUT2D eigenvalue weighted by molar-refractivity contribution is -0.209. The topological polar surface area (TPSA) is 52.6 Å². The van der Waals surface area contributed by atoms with Crippen molar-refractivity contribution in [1.82, 2.24) is 0 Å². The van der Waals surface area contributed by atoms with Crippen molar-refractivity contribution < 1.29 is 45.4 Å². The lowest BCUT2D eigenvalue weighted by atomic mass is 9.87. The molecule has 4 nitrogen and oxygen atoms in total. The molecular weight excluding hydrogens is 434 g/mol. The average molecular weight is 465 g/mol. The van der Waals surface area contributed by atoms with Crippen molar-refractivity contribution in [1.29, 1.82) is 0 Å². The molecule has 0 saturated heterocycles. The molecule has 0 aliphatic heterocycles. The van der Waals surface area contributed by atoms with Crippen molar-refractivity contribution in [3.05, 3.63) is 0 Å². The van der Waals surface area contributed by atoms with Crippen molar-refractivity contribution in [2.45, 2.75) is 77.1 Å². The number of hydrogen-bond acceptors (Lipinski definition) is 4. The van der Waals surface area contributed by atoms with Gasteiger partial charge in [-0.15, -0.1) is 0 Å². The Hall–Kier alpha value is -1.26. The van der Waals surface area contributed by atoms with E-state index in [-0.39, 0.29) is 24.7 Å². The van der Waals surface area contributed by atoms with E-state index in [1.165, 1.54) is 0 Å². The first-order valence-electron chi connectivity index (χ1n) is 10.1. The summed E-state index contributed by atoms with van der Waals surface area (Å²) in [6, 6.07) is 3.98. The van der Waals surface area contributed by atoms with Crippen LogP contribution in [-0.4, -0.2) is 45.6 Å². The Morgan fingerprint density at radius 2 is 1.27 bits per heavy atom. The summed E-state index contributed by atoms with van der Waals surface area (Å²) in [5.74, 6) is -4.75. The first-order chi connectivity index (χ1) is 13.6. The van der Waals surface area contributed by atoms with Gasteiger partial charge >= 0.3 is 24.3 Å². The van der Waals surface area contributed by atoms with E-state index >= 15 is 0 Å². The van der Waals surface area contributed by atoms with Gasteiger partial charge in [0.2, 0.25) is 0 Å². The molecule has 0 aromatic heterocycles. The minimum atomic E-state index is -5.21. The van der Waals surface area contributed by atoms with E-state index in [2.05, 4.69) is 30.2 Å². The lowest BCUT2D eigenvalue weighted by Gasteiger charge is -2.33. The number of alkyl halides is 6. The highest BCUT2D eigenvalue weighted by molar-refractivity contribution is 6.79. The summed E-state index contributed by atoms with van der Waals surface area (Å²) < 4.78 is 84.0. The second kappa shape index (κ2) is 9.91. The SMILES string of the molecule is CC[Si](CC)(CC)C[C@H]1CC(COC(=O)C(F)(F)F)(COC(=O)C(F)(F)F)C[C@@H]1C. The van der Waals surface area contributed by atoms with Gasteiger partial charge < -0.3 is 9.47 Å². The standard InChI is InChI=1S/C19H30F6O4Si/c1-5-30(6-2,7-3)10-14-9-17(8-13(14)4,11-28-15(26)18(20,21)22)12-29-16(27)19(23,24)25/h13-14H,5-12H2,1-4H3/t13-,14+/m0/s1. The molecule has 0 spiro atoms. The number of ether oxygens (including phenoxy) is 2. The van der Waals surface area contributed by atoms with Crippen LogP contribution in [0.2, 0.25) is 24.2 Å². The molecule has 0 radical (unpaired) electrons. The highest BCUT2D eigenvalue weighted by Gasteiger charge is 2.50. The molecule has 0 amide bonds. The van der Waals surface area contributed by atoms with Gasteiger partial charge in [-0.05, 0) is 24.7 Å². The second-order valence-corrected chi connectivity index (χ2v) is 14.1. The average Bonchev–Trinajstić information content (AvgIpc) is 2.96. The molecule has 1 aliphatic carbocycles. The van der Waals surface area contributed by atoms with E-state index in [1.807, 2.05) is 6.92 Å². The molecule has 1 aliphatic rings. The van der Waals surface area contributed by atoms with Crippen LogP contribution in [0.3, 0.4) is 0 Å². The minimum Gasteiger partial charge on any atom is -0.458 e. The number of carbonyl (C=O) groups is 2. The molecule has 1 fully saturated rings. The summed E-state index contributed by atoms with van der Waals surface area (Å²) in [5.41, 5.74) is -1.26. The third kappa shape index (κ3) is 6.88. The minimum absolute atomic E-state index is 0.00398. The molecule has 0 aromatic rings. The number of rotatable bonds is 9. The zero-order chi connectivity index (χ0) is 23.4. The Labute approximate surface area is 173 Å². The first kappa shape index (κ1) is 26.8. The van der Waals surface area contributed by atoms with E-state index in [4.69, 9.17) is 0 Å². The third-order valence-corrected chi connectivity index (χ3v) is 12.6. The number of hydrogen-bond donors (Lipinski definition) is 0. The number of halogens is 6. The number of carbonyl (C=O) groups excluding carboxylic acids is 2. The molecule has 0 N–H and O–H groups in total. The summed E-state index contributed by atoms with van der Waals surface area (Å²) in [5, 5.41) is 0. The second-order valence-electron chi connectivity index (χ2n) is 8.56. The van der Waals surface area contributed by atoms with Gasteiger partial charge in [0, 0.05) is 5.41 Å². The normalized spacial score (nSPS) is 22.1. The zero-order valence-electron chi connectivity index (χ0n) is 17.7. The summed E-state index contributed by atoms with van der Waals surface area (Å²) in [7, 11) is -1.61. The fourth-order valence-corrected chi connectivity index (χ4v) is 8.61. The van der Waals surface area contributed by atoms with Gasteiger partial charge in [0.25, 0.3) is 0 Å². The van der Waals surface area contributed by atoms with Crippen LogP contribution < -0.4 is 0 Å². The first-order valence-corrected chi connectivity index (χ1v) is 12.9. The van der Waals surface area contributed by atoms with Crippen molar-refractivity contribution in [3.63, 3.8) is 0 Å². The summed E-state index contributed by atoms with van der Waals surface area (Å²) >= 11 is 0. The molecule has 0 bridgehead atoms. The highest BCUT2D eigenvalue weighted by Crippen LogP contribution is 2.50. The van der Waals surface area contributed by atoms with Gasteiger partial charge in [0.15, 0.2) is 0 Å². The Morgan fingerprint density at radius 1 is 0.867 bits per heavy atom. The summed E-state index contributed by atoms with van der Waals surface area (Å²) in [6.45, 7) is 6.75. The lowest BCUT2D eigenvalue weighted by Crippen LogP contribution is -2.38. The predicted octanol–water partition coefficient (Wildman–Crippen LogP) is 5.74. The van der Waals surface area contributed by atoms with Crippen LogP contribution >= 0.6 is 0 Å². The summed E-state index contributed by atoms with van der Waals surface area (Å²) in [4.78, 5) is 22.3. The molecular formula is C19H30F6O4Si. The van der Waals surface area contributed by atoms with Gasteiger partial charge in [-0.1, -0.05) is 51.9 Å². The maximum Gasteiger partial charge on any atom is 0.490 e. The molecule has 11 heteroatoms. The summed E-state index contributed by atoms with van der Waals surface area (Å²) in [6.07, 6.45) is -9.95. The zero-order valence-corrected chi connectivity index (χ0v) is 18.7. The van der Waals surface area contributed by atoms with Crippen LogP contribution in [-0.2, 0) is 19.1 Å².